The van der Waals surface area contributed by atoms with Crippen molar-refractivity contribution in [2.75, 3.05) is 31.5 Å². The molecule has 0 spiro atoms. The maximum absolute atomic E-state index is 13.0. The fraction of sp³-hybridized carbons (Fsp3) is 0.286. The summed E-state index contributed by atoms with van der Waals surface area (Å²) in [4.78, 5) is 13.7. The molecule has 1 aliphatic heterocycles. The lowest BCUT2D eigenvalue weighted by molar-refractivity contribution is -0.127. The summed E-state index contributed by atoms with van der Waals surface area (Å²) in [5.41, 5.74) is 0.502. The highest BCUT2D eigenvalue weighted by molar-refractivity contribution is 5.97. The zero-order valence-corrected chi connectivity index (χ0v) is 10.9. The van der Waals surface area contributed by atoms with E-state index in [4.69, 9.17) is 5.26 Å². The molecule has 0 unspecified atom stereocenters. The predicted molar refractivity (Wildman–Crippen MR) is 73.2 cm³/mol. The Balaban J connectivity index is 2.05. The predicted octanol–water partition coefficient (Wildman–Crippen LogP) is 1.08. The summed E-state index contributed by atoms with van der Waals surface area (Å²) in [7, 11) is 0. The lowest BCUT2D eigenvalue weighted by atomic mass is 10.2. The van der Waals surface area contributed by atoms with Crippen molar-refractivity contribution in [3.05, 3.63) is 41.9 Å². The number of halogens is 1. The number of carbonyl (C=O) groups is 1. The van der Waals surface area contributed by atoms with Gasteiger partial charge in [-0.3, -0.25) is 4.79 Å². The quantitative estimate of drug-likeness (QED) is 0.639. The first-order valence-electron chi connectivity index (χ1n) is 6.33. The van der Waals surface area contributed by atoms with Crippen LogP contribution in [0.5, 0.6) is 0 Å². The fourth-order valence-electron chi connectivity index (χ4n) is 1.91. The van der Waals surface area contributed by atoms with E-state index in [1.54, 1.807) is 17.0 Å². The Hall–Kier alpha value is -2.39. The fourth-order valence-corrected chi connectivity index (χ4v) is 1.91. The molecule has 0 bridgehead atoms. The van der Waals surface area contributed by atoms with Crippen LogP contribution in [0.2, 0.25) is 0 Å². The average molecular weight is 274 g/mol. The van der Waals surface area contributed by atoms with Gasteiger partial charge in [-0.15, -0.1) is 0 Å². The van der Waals surface area contributed by atoms with Gasteiger partial charge in [-0.2, -0.15) is 5.26 Å². The maximum Gasteiger partial charge on any atom is 0.266 e. The van der Waals surface area contributed by atoms with Crippen molar-refractivity contribution in [3.63, 3.8) is 0 Å². The Labute approximate surface area is 116 Å². The molecule has 1 aromatic carbocycles. The molecule has 104 valence electrons. The van der Waals surface area contributed by atoms with E-state index in [9.17, 15) is 9.18 Å². The highest BCUT2D eigenvalue weighted by Crippen LogP contribution is 2.10. The molecule has 5 nitrogen and oxygen atoms in total. The van der Waals surface area contributed by atoms with Crippen LogP contribution in [0.1, 0.15) is 0 Å². The Kier molecular flexibility index (Phi) is 4.69. The molecule has 1 saturated heterocycles. The molecule has 1 amide bonds. The largest absolute Gasteiger partial charge is 0.360 e. The van der Waals surface area contributed by atoms with Gasteiger partial charge in [0.15, 0.2) is 0 Å². The van der Waals surface area contributed by atoms with Crippen LogP contribution in [0, 0.1) is 17.1 Å². The van der Waals surface area contributed by atoms with Crippen LogP contribution in [0.4, 0.5) is 10.1 Å². The van der Waals surface area contributed by atoms with Crippen LogP contribution in [-0.4, -0.2) is 37.0 Å². The van der Waals surface area contributed by atoms with Gasteiger partial charge in [0, 0.05) is 38.1 Å². The molecular formula is C14H15FN4O. The van der Waals surface area contributed by atoms with Crippen LogP contribution < -0.4 is 10.6 Å². The van der Waals surface area contributed by atoms with E-state index in [-0.39, 0.29) is 17.3 Å². The maximum atomic E-state index is 13.0. The normalized spacial score (nSPS) is 15.6. The standard InChI is InChI=1S/C14H15FN4O/c15-12-2-1-3-13(8-12)18-10-11(9-16)14(20)19-6-4-17-5-7-19/h1-3,8,10,17-18H,4-7H2/b11-10-. The monoisotopic (exact) mass is 274 g/mol. The first-order chi connectivity index (χ1) is 9.70. The minimum absolute atomic E-state index is 0.0103. The average Bonchev–Trinajstić information content (AvgIpc) is 2.48. The molecule has 1 heterocycles. The number of nitrogens with zero attached hydrogens (tertiary/aromatic N) is 2. The van der Waals surface area contributed by atoms with E-state index < -0.39 is 0 Å². The summed E-state index contributed by atoms with van der Waals surface area (Å²) in [6.45, 7) is 2.61. The second-order valence-corrected chi connectivity index (χ2v) is 4.37. The molecule has 1 fully saturated rings. The van der Waals surface area contributed by atoms with Gasteiger partial charge in [0.25, 0.3) is 5.91 Å². The summed E-state index contributed by atoms with van der Waals surface area (Å²) in [6, 6.07) is 7.70. The molecule has 2 N–H and O–H groups in total. The Morgan fingerprint density at radius 3 is 2.85 bits per heavy atom. The van der Waals surface area contributed by atoms with Gasteiger partial charge < -0.3 is 15.5 Å². The summed E-state index contributed by atoms with van der Waals surface area (Å²) < 4.78 is 13.0. The van der Waals surface area contributed by atoms with Gasteiger partial charge in [0.1, 0.15) is 17.5 Å². The van der Waals surface area contributed by atoms with Crippen molar-refractivity contribution in [1.29, 1.82) is 5.26 Å². The number of amides is 1. The Morgan fingerprint density at radius 1 is 1.45 bits per heavy atom. The summed E-state index contributed by atoms with van der Waals surface area (Å²) in [5, 5.41) is 15.0. The molecule has 1 aromatic rings. The first-order valence-corrected chi connectivity index (χ1v) is 6.33. The number of hydrogen-bond acceptors (Lipinski definition) is 4. The molecule has 0 atom stereocenters. The summed E-state index contributed by atoms with van der Waals surface area (Å²) in [6.07, 6.45) is 1.32. The molecule has 0 radical (unpaired) electrons. The van der Waals surface area contributed by atoms with Gasteiger partial charge in [-0.25, -0.2) is 4.39 Å². The molecule has 6 heteroatoms. The first kappa shape index (κ1) is 14.0. The number of piperazine rings is 1. The molecule has 0 saturated carbocycles. The number of hydrogen-bond donors (Lipinski definition) is 2. The minimum Gasteiger partial charge on any atom is -0.360 e. The van der Waals surface area contributed by atoms with E-state index in [1.165, 1.54) is 18.3 Å². The number of carbonyl (C=O) groups excluding carboxylic acids is 1. The highest BCUT2D eigenvalue weighted by Gasteiger charge is 2.19. The van der Waals surface area contributed by atoms with Crippen LogP contribution in [0.3, 0.4) is 0 Å². The SMILES string of the molecule is N#C/C(=C/Nc1cccc(F)c1)C(=O)N1CCNCC1. The van der Waals surface area contributed by atoms with Gasteiger partial charge in [0.2, 0.25) is 0 Å². The molecular weight excluding hydrogens is 259 g/mol. The van der Waals surface area contributed by atoms with Crippen molar-refractivity contribution in [3.8, 4) is 6.07 Å². The highest BCUT2D eigenvalue weighted by atomic mass is 19.1. The lowest BCUT2D eigenvalue weighted by Gasteiger charge is -2.27. The van der Waals surface area contributed by atoms with E-state index >= 15 is 0 Å². The third-order valence-electron chi connectivity index (χ3n) is 2.96. The lowest BCUT2D eigenvalue weighted by Crippen LogP contribution is -2.46. The second-order valence-electron chi connectivity index (χ2n) is 4.37. The van der Waals surface area contributed by atoms with E-state index in [0.29, 0.717) is 18.8 Å². The number of rotatable bonds is 3. The third kappa shape index (κ3) is 3.56. The molecule has 20 heavy (non-hydrogen) atoms. The van der Waals surface area contributed by atoms with Crippen LogP contribution >= 0.6 is 0 Å². The summed E-state index contributed by atoms with van der Waals surface area (Å²) in [5.74, 6) is -0.687. The molecule has 0 aromatic heterocycles. The van der Waals surface area contributed by atoms with E-state index in [2.05, 4.69) is 10.6 Å². The van der Waals surface area contributed by atoms with Crippen LogP contribution in [-0.2, 0) is 4.79 Å². The van der Waals surface area contributed by atoms with Crippen LogP contribution in [0.25, 0.3) is 0 Å². The van der Waals surface area contributed by atoms with Gasteiger partial charge in [-0.05, 0) is 18.2 Å². The van der Waals surface area contributed by atoms with Crippen molar-refractivity contribution in [1.82, 2.24) is 10.2 Å². The zero-order valence-electron chi connectivity index (χ0n) is 10.9. The van der Waals surface area contributed by atoms with Crippen LogP contribution in [0.15, 0.2) is 36.0 Å². The number of nitriles is 1. The van der Waals surface area contributed by atoms with Crippen molar-refractivity contribution in [2.24, 2.45) is 0 Å². The third-order valence-corrected chi connectivity index (χ3v) is 2.96. The second kappa shape index (κ2) is 6.68. The van der Waals surface area contributed by atoms with Crippen molar-refractivity contribution < 1.29 is 9.18 Å². The number of nitrogens with one attached hydrogen (secondary N) is 2. The van der Waals surface area contributed by atoms with E-state index in [1.807, 2.05) is 6.07 Å². The van der Waals surface area contributed by atoms with Crippen molar-refractivity contribution >= 4 is 11.6 Å². The Bertz CT molecular complexity index is 559. The Morgan fingerprint density at radius 2 is 2.20 bits per heavy atom. The van der Waals surface area contributed by atoms with E-state index in [0.717, 1.165) is 13.1 Å². The smallest absolute Gasteiger partial charge is 0.266 e. The molecule has 2 rings (SSSR count). The number of anilines is 1. The number of benzene rings is 1. The van der Waals surface area contributed by atoms with Gasteiger partial charge >= 0.3 is 0 Å². The topological polar surface area (TPSA) is 68.2 Å². The minimum atomic E-state index is -0.379. The molecule has 1 aliphatic rings. The summed E-state index contributed by atoms with van der Waals surface area (Å²) >= 11 is 0. The van der Waals surface area contributed by atoms with Crippen molar-refractivity contribution in [2.45, 2.75) is 0 Å². The molecule has 0 aliphatic carbocycles. The van der Waals surface area contributed by atoms with Gasteiger partial charge in [0.05, 0.1) is 0 Å². The zero-order chi connectivity index (χ0) is 14.4. The van der Waals surface area contributed by atoms with Gasteiger partial charge in [-0.1, -0.05) is 6.07 Å².